The van der Waals surface area contributed by atoms with E-state index < -0.39 is 17.2 Å². The Kier molecular flexibility index (Phi) is 4.43. The number of quaternary nitrogens is 1. The van der Waals surface area contributed by atoms with E-state index in [1.54, 1.807) is 36.4 Å². The van der Waals surface area contributed by atoms with Gasteiger partial charge in [0.1, 0.15) is 11.5 Å². The van der Waals surface area contributed by atoms with Crippen LogP contribution in [0.1, 0.15) is 0 Å². The second kappa shape index (κ2) is 6.46. The number of nitrogens with one attached hydrogen (secondary N) is 1. The molecule has 6 nitrogen and oxygen atoms in total. The topological polar surface area (TPSA) is 77.3 Å². The van der Waals surface area contributed by atoms with Gasteiger partial charge in [-0.1, -0.05) is 36.4 Å². The molecule has 0 bridgehead atoms. The summed E-state index contributed by atoms with van der Waals surface area (Å²) in [4.78, 5) is 23.1. The fraction of sp³-hybridized carbons (Fsp3) is 0. The van der Waals surface area contributed by atoms with Crippen molar-refractivity contribution in [3.63, 3.8) is 0 Å². The molecule has 2 rings (SSSR count). The molecule has 0 aliphatic rings. The van der Waals surface area contributed by atoms with Crippen molar-refractivity contribution in [3.05, 3.63) is 60.7 Å². The molecule has 102 valence electrons. The molecule has 0 aliphatic carbocycles. The third kappa shape index (κ3) is 3.64. The van der Waals surface area contributed by atoms with Crippen LogP contribution in [0.2, 0.25) is 0 Å². The van der Waals surface area contributed by atoms with Crippen molar-refractivity contribution in [3.8, 4) is 11.5 Å². The highest BCUT2D eigenvalue weighted by Crippen LogP contribution is 2.08. The molecule has 2 aromatic rings. The van der Waals surface area contributed by atoms with Gasteiger partial charge in [-0.15, -0.1) is 0 Å². The molecule has 0 fully saturated rings. The molecule has 0 saturated heterocycles. The second-order valence-corrected chi connectivity index (χ2v) is 3.75. The number of hydroxylamine groups is 2. The lowest BCUT2D eigenvalue weighted by Crippen LogP contribution is -3.16. The first-order chi connectivity index (χ1) is 9.66. The van der Waals surface area contributed by atoms with E-state index in [1.165, 1.54) is 24.3 Å². The highest BCUT2D eigenvalue weighted by atomic mass is 16.7. The maximum atomic E-state index is 11.5. The smallest absolute Gasteiger partial charge is 0.378 e. The third-order valence-electron chi connectivity index (χ3n) is 2.29. The first kappa shape index (κ1) is 13.7. The van der Waals surface area contributed by atoms with Crippen molar-refractivity contribution >= 4 is 12.2 Å². The number of hydrogen-bond donors (Lipinski definition) is 2. The van der Waals surface area contributed by atoms with E-state index in [9.17, 15) is 14.8 Å². The molecule has 2 aromatic carbocycles. The average Bonchev–Trinajstić information content (AvgIpc) is 2.48. The number of carbonyl (C=O) groups is 2. The first-order valence-electron chi connectivity index (χ1n) is 5.77. The van der Waals surface area contributed by atoms with E-state index in [-0.39, 0.29) is 11.5 Å². The zero-order valence-electron chi connectivity index (χ0n) is 10.4. The Balaban J connectivity index is 1.95. The van der Waals surface area contributed by atoms with E-state index in [1.807, 2.05) is 0 Å². The Hall–Kier alpha value is -2.70. The molecule has 2 amide bonds. The molecule has 6 heteroatoms. The normalized spacial score (nSPS) is 10.1. The molecule has 20 heavy (non-hydrogen) atoms. The number of benzene rings is 2. The molecule has 0 spiro atoms. The summed E-state index contributed by atoms with van der Waals surface area (Å²) < 4.78 is 9.62. The standard InChI is InChI=1S/C14H11NO5/c16-13(19-11-7-3-1-4-8-11)15(18)14(17)20-12-9-5-2-6-10-12/h1-10,18H/p+1. The third-order valence-corrected chi connectivity index (χ3v) is 2.29. The number of carbonyl (C=O) groups excluding carboxylic acids is 2. The fourth-order valence-electron chi connectivity index (χ4n) is 1.37. The summed E-state index contributed by atoms with van der Waals surface area (Å²) >= 11 is 0. The lowest BCUT2D eigenvalue weighted by Gasteiger charge is -2.06. The number of para-hydroxylation sites is 2. The van der Waals surface area contributed by atoms with E-state index in [2.05, 4.69) is 0 Å². The van der Waals surface area contributed by atoms with Crippen molar-refractivity contribution in [1.82, 2.24) is 0 Å². The fourth-order valence-corrected chi connectivity index (χ4v) is 1.37. The van der Waals surface area contributed by atoms with Crippen molar-refractivity contribution in [2.75, 3.05) is 0 Å². The average molecular weight is 274 g/mol. The predicted molar refractivity (Wildman–Crippen MR) is 67.7 cm³/mol. The zero-order valence-corrected chi connectivity index (χ0v) is 10.4. The lowest BCUT2D eigenvalue weighted by molar-refractivity contribution is -0.956. The minimum Gasteiger partial charge on any atom is -0.378 e. The quantitative estimate of drug-likeness (QED) is 0.643. The molecule has 0 radical (unpaired) electrons. The van der Waals surface area contributed by atoms with Gasteiger partial charge in [0.15, 0.2) is 0 Å². The van der Waals surface area contributed by atoms with Gasteiger partial charge in [0.2, 0.25) is 0 Å². The largest absolute Gasteiger partial charge is 0.564 e. The minimum absolute atomic E-state index is 0.219. The molecule has 0 aromatic heterocycles. The highest BCUT2D eigenvalue weighted by molar-refractivity contribution is 5.74. The zero-order chi connectivity index (χ0) is 14.4. The van der Waals surface area contributed by atoms with Crippen LogP contribution >= 0.6 is 0 Å². The van der Waals surface area contributed by atoms with Crippen molar-refractivity contribution in [2.45, 2.75) is 0 Å². The summed E-state index contributed by atoms with van der Waals surface area (Å²) in [5, 5.41) is 8.36. The summed E-state index contributed by atoms with van der Waals surface area (Å²) in [6, 6.07) is 16.2. The molecule has 0 unspecified atom stereocenters. The number of ether oxygens (including phenoxy) is 2. The highest BCUT2D eigenvalue weighted by Gasteiger charge is 2.32. The molecular weight excluding hydrogens is 262 g/mol. The Morgan fingerprint density at radius 3 is 1.45 bits per heavy atom. The van der Waals surface area contributed by atoms with Gasteiger partial charge in [-0.25, -0.2) is 0 Å². The number of imide groups is 1. The van der Waals surface area contributed by atoms with Crippen molar-refractivity contribution < 1.29 is 29.3 Å². The SMILES string of the molecule is O=C(Oc1ccccc1)[NH+](O)C(=O)Oc1ccccc1. The molecule has 0 aliphatic heterocycles. The first-order valence-corrected chi connectivity index (χ1v) is 5.77. The van der Waals surface area contributed by atoms with Gasteiger partial charge in [-0.3, -0.25) is 0 Å². The van der Waals surface area contributed by atoms with Crippen LogP contribution in [-0.4, -0.2) is 17.4 Å². The molecular formula is C14H12NO5+. The van der Waals surface area contributed by atoms with Crippen LogP contribution in [0.5, 0.6) is 11.5 Å². The Morgan fingerprint density at radius 1 is 0.750 bits per heavy atom. The maximum Gasteiger partial charge on any atom is 0.564 e. The van der Waals surface area contributed by atoms with Gasteiger partial charge < -0.3 is 9.47 Å². The molecule has 0 saturated carbocycles. The summed E-state index contributed by atoms with van der Waals surface area (Å²) in [7, 11) is 0. The summed E-state index contributed by atoms with van der Waals surface area (Å²) in [6.07, 6.45) is -2.34. The van der Waals surface area contributed by atoms with Crippen LogP contribution < -0.4 is 14.5 Å². The number of amides is 2. The van der Waals surface area contributed by atoms with E-state index in [4.69, 9.17) is 9.47 Å². The summed E-state index contributed by atoms with van der Waals surface area (Å²) in [5.74, 6) is 0.438. The van der Waals surface area contributed by atoms with Gasteiger partial charge in [0.05, 0.1) is 0 Å². The number of hydrogen-bond acceptors (Lipinski definition) is 5. The minimum atomic E-state index is -1.17. The Bertz CT molecular complexity index is 532. The van der Waals surface area contributed by atoms with Crippen molar-refractivity contribution in [1.29, 1.82) is 0 Å². The second-order valence-electron chi connectivity index (χ2n) is 3.75. The summed E-state index contributed by atoms with van der Waals surface area (Å²) in [6.45, 7) is 0. The Morgan fingerprint density at radius 2 is 1.10 bits per heavy atom. The number of rotatable bonds is 2. The van der Waals surface area contributed by atoms with Crippen molar-refractivity contribution in [2.24, 2.45) is 0 Å². The molecule has 0 atom stereocenters. The van der Waals surface area contributed by atoms with E-state index in [0.29, 0.717) is 0 Å². The molecule has 0 heterocycles. The lowest BCUT2D eigenvalue weighted by atomic mass is 10.3. The van der Waals surface area contributed by atoms with Crippen LogP contribution in [0.15, 0.2) is 60.7 Å². The van der Waals surface area contributed by atoms with E-state index in [0.717, 1.165) is 0 Å². The van der Waals surface area contributed by atoms with Crippen LogP contribution in [0, 0.1) is 0 Å². The van der Waals surface area contributed by atoms with Gasteiger partial charge >= 0.3 is 12.2 Å². The predicted octanol–water partition coefficient (Wildman–Crippen LogP) is 1.66. The van der Waals surface area contributed by atoms with Crippen LogP contribution in [0.3, 0.4) is 0 Å². The van der Waals surface area contributed by atoms with Crippen LogP contribution in [0.4, 0.5) is 9.59 Å². The van der Waals surface area contributed by atoms with Crippen LogP contribution in [0.25, 0.3) is 0 Å². The summed E-state index contributed by atoms with van der Waals surface area (Å²) in [5.41, 5.74) is 0. The monoisotopic (exact) mass is 274 g/mol. The van der Waals surface area contributed by atoms with Gasteiger partial charge in [0, 0.05) is 5.06 Å². The van der Waals surface area contributed by atoms with Gasteiger partial charge in [0.25, 0.3) is 0 Å². The van der Waals surface area contributed by atoms with Gasteiger partial charge in [-0.05, 0) is 24.3 Å². The van der Waals surface area contributed by atoms with Crippen LogP contribution in [-0.2, 0) is 0 Å². The molecule has 2 N–H and O–H groups in total. The van der Waals surface area contributed by atoms with E-state index >= 15 is 0 Å². The Labute approximate surface area is 114 Å². The van der Waals surface area contributed by atoms with Gasteiger partial charge in [-0.2, -0.15) is 14.8 Å². The maximum absolute atomic E-state index is 11.5.